The van der Waals surface area contributed by atoms with Crippen molar-refractivity contribution in [2.45, 2.75) is 12.8 Å². The first-order valence-electron chi connectivity index (χ1n) is 8.63. The van der Waals surface area contributed by atoms with Crippen LogP contribution < -0.4 is 16.0 Å². The summed E-state index contributed by atoms with van der Waals surface area (Å²) in [6.45, 7) is 0. The van der Waals surface area contributed by atoms with Crippen molar-refractivity contribution in [1.82, 2.24) is 10.3 Å². The molecule has 3 N–H and O–H groups in total. The Balaban J connectivity index is 1.56. The van der Waals surface area contributed by atoms with E-state index in [1.165, 1.54) is 19.3 Å². The molecule has 0 bridgehead atoms. The van der Waals surface area contributed by atoms with Crippen LogP contribution in [-0.4, -0.2) is 24.0 Å². The Labute approximate surface area is 161 Å². The molecule has 0 fully saturated rings. The molecule has 0 saturated carbocycles. The average molecular weight is 382 g/mol. The monoisotopic (exact) mass is 382 g/mol. The van der Waals surface area contributed by atoms with E-state index < -0.39 is 5.82 Å². The van der Waals surface area contributed by atoms with E-state index in [-0.39, 0.29) is 24.8 Å². The summed E-state index contributed by atoms with van der Waals surface area (Å²) in [6, 6.07) is 12.7. The van der Waals surface area contributed by atoms with Crippen LogP contribution in [0.25, 0.3) is 11.3 Å². The molecular weight excluding hydrogens is 363 g/mol. The van der Waals surface area contributed by atoms with Gasteiger partial charge in [0.15, 0.2) is 11.7 Å². The Bertz CT molecular complexity index is 987. The second-order valence-corrected chi connectivity index (χ2v) is 5.93. The lowest BCUT2D eigenvalue weighted by atomic mass is 10.2. The Morgan fingerprint density at radius 2 is 1.82 bits per heavy atom. The number of hydrogen-bond donors (Lipinski definition) is 3. The Morgan fingerprint density at radius 1 is 1.07 bits per heavy atom. The summed E-state index contributed by atoms with van der Waals surface area (Å²) in [5, 5.41) is 7.83. The standard InChI is InChI=1S/C20H19FN4O3/c1-22-20(27)25-14-6-4-5-13(11-14)24-18(26)9-10-19-23-12-17(28-19)15-7-2-3-8-16(15)21/h2-8,11-12H,9-10H2,1H3,(H,24,26)(H2,22,25,27). The molecule has 3 rings (SSSR count). The third-order valence-electron chi connectivity index (χ3n) is 3.89. The number of nitrogens with zero attached hydrogens (tertiary/aromatic N) is 1. The molecule has 0 atom stereocenters. The van der Waals surface area contributed by atoms with Crippen LogP contribution in [0.1, 0.15) is 12.3 Å². The van der Waals surface area contributed by atoms with Crippen molar-refractivity contribution in [3.05, 3.63) is 66.4 Å². The number of halogens is 1. The lowest BCUT2D eigenvalue weighted by Gasteiger charge is -2.08. The first kappa shape index (κ1) is 19.1. The van der Waals surface area contributed by atoms with Crippen molar-refractivity contribution >= 4 is 23.3 Å². The second-order valence-electron chi connectivity index (χ2n) is 5.93. The van der Waals surface area contributed by atoms with Crippen molar-refractivity contribution < 1.29 is 18.4 Å². The maximum Gasteiger partial charge on any atom is 0.318 e. The zero-order valence-electron chi connectivity index (χ0n) is 15.2. The number of aromatic nitrogens is 1. The number of urea groups is 1. The minimum atomic E-state index is -0.395. The van der Waals surface area contributed by atoms with E-state index in [2.05, 4.69) is 20.9 Å². The molecule has 2 aromatic carbocycles. The zero-order chi connectivity index (χ0) is 19.9. The molecule has 0 aliphatic rings. The van der Waals surface area contributed by atoms with Crippen LogP contribution >= 0.6 is 0 Å². The number of benzene rings is 2. The molecule has 0 radical (unpaired) electrons. The number of carbonyl (C=O) groups is 2. The van der Waals surface area contributed by atoms with E-state index in [9.17, 15) is 14.0 Å². The minimum Gasteiger partial charge on any atom is -0.441 e. The van der Waals surface area contributed by atoms with E-state index >= 15 is 0 Å². The molecule has 0 saturated heterocycles. The quantitative estimate of drug-likeness (QED) is 0.604. The summed E-state index contributed by atoms with van der Waals surface area (Å²) >= 11 is 0. The molecule has 1 aromatic heterocycles. The van der Waals surface area contributed by atoms with Crippen molar-refractivity contribution in [2.24, 2.45) is 0 Å². The van der Waals surface area contributed by atoms with Gasteiger partial charge in [-0.1, -0.05) is 18.2 Å². The number of aryl methyl sites for hydroxylation is 1. The highest BCUT2D eigenvalue weighted by atomic mass is 19.1. The topological polar surface area (TPSA) is 96.3 Å². The van der Waals surface area contributed by atoms with Crippen LogP contribution in [0.3, 0.4) is 0 Å². The highest BCUT2D eigenvalue weighted by Gasteiger charge is 2.12. The van der Waals surface area contributed by atoms with Gasteiger partial charge in [-0.15, -0.1) is 0 Å². The van der Waals surface area contributed by atoms with Gasteiger partial charge in [0.05, 0.1) is 11.8 Å². The van der Waals surface area contributed by atoms with Gasteiger partial charge < -0.3 is 20.4 Å². The lowest BCUT2D eigenvalue weighted by Crippen LogP contribution is -2.24. The molecule has 0 aliphatic carbocycles. The largest absolute Gasteiger partial charge is 0.441 e. The number of hydrogen-bond acceptors (Lipinski definition) is 4. The van der Waals surface area contributed by atoms with Gasteiger partial charge in [0.25, 0.3) is 0 Å². The third kappa shape index (κ3) is 4.94. The van der Waals surface area contributed by atoms with Crippen LogP contribution in [0.2, 0.25) is 0 Å². The minimum absolute atomic E-state index is 0.143. The van der Waals surface area contributed by atoms with Gasteiger partial charge in [-0.05, 0) is 30.3 Å². The molecular formula is C20H19FN4O3. The van der Waals surface area contributed by atoms with E-state index in [4.69, 9.17) is 4.42 Å². The summed E-state index contributed by atoms with van der Waals surface area (Å²) in [4.78, 5) is 27.6. The number of amides is 3. The fourth-order valence-corrected chi connectivity index (χ4v) is 2.52. The second kappa shape index (κ2) is 8.81. The van der Waals surface area contributed by atoms with Crippen LogP contribution in [0.4, 0.5) is 20.6 Å². The molecule has 7 nitrogen and oxygen atoms in total. The maximum absolute atomic E-state index is 13.8. The highest BCUT2D eigenvalue weighted by molar-refractivity contribution is 5.93. The van der Waals surface area contributed by atoms with Crippen molar-refractivity contribution in [2.75, 3.05) is 17.7 Å². The highest BCUT2D eigenvalue weighted by Crippen LogP contribution is 2.23. The molecule has 1 heterocycles. The third-order valence-corrected chi connectivity index (χ3v) is 3.89. The Hall–Kier alpha value is -3.68. The molecule has 0 aliphatic heterocycles. The van der Waals surface area contributed by atoms with E-state index in [0.717, 1.165) is 0 Å². The van der Waals surface area contributed by atoms with Gasteiger partial charge in [0.2, 0.25) is 5.91 Å². The summed E-state index contributed by atoms with van der Waals surface area (Å²) in [7, 11) is 1.52. The van der Waals surface area contributed by atoms with E-state index in [1.54, 1.807) is 42.5 Å². The predicted octanol–water partition coefficient (Wildman–Crippen LogP) is 3.80. The Morgan fingerprint density at radius 3 is 2.57 bits per heavy atom. The predicted molar refractivity (Wildman–Crippen MR) is 103 cm³/mol. The van der Waals surface area contributed by atoms with Gasteiger partial charge in [0.1, 0.15) is 5.82 Å². The number of oxazole rings is 1. The normalized spacial score (nSPS) is 10.4. The van der Waals surface area contributed by atoms with Gasteiger partial charge in [0, 0.05) is 31.3 Å². The van der Waals surface area contributed by atoms with Crippen LogP contribution in [0, 0.1) is 5.82 Å². The molecule has 0 unspecified atom stereocenters. The van der Waals surface area contributed by atoms with Crippen LogP contribution in [-0.2, 0) is 11.2 Å². The van der Waals surface area contributed by atoms with Crippen molar-refractivity contribution in [1.29, 1.82) is 0 Å². The number of anilines is 2. The molecule has 144 valence electrons. The maximum atomic E-state index is 13.8. The van der Waals surface area contributed by atoms with Crippen molar-refractivity contribution in [3.8, 4) is 11.3 Å². The molecule has 0 spiro atoms. The molecule has 3 aromatic rings. The average Bonchev–Trinajstić information content (AvgIpc) is 3.16. The summed E-state index contributed by atoms with van der Waals surface area (Å²) in [6.07, 6.45) is 1.86. The summed E-state index contributed by atoms with van der Waals surface area (Å²) in [5.74, 6) is 0.0424. The summed E-state index contributed by atoms with van der Waals surface area (Å²) < 4.78 is 19.3. The van der Waals surface area contributed by atoms with Crippen molar-refractivity contribution in [3.63, 3.8) is 0 Å². The molecule has 3 amide bonds. The Kier molecular flexibility index (Phi) is 6.01. The molecule has 28 heavy (non-hydrogen) atoms. The first-order chi connectivity index (χ1) is 13.5. The number of nitrogens with one attached hydrogen (secondary N) is 3. The van der Waals surface area contributed by atoms with E-state index in [1.807, 2.05) is 0 Å². The fraction of sp³-hybridized carbons (Fsp3) is 0.150. The first-order valence-corrected chi connectivity index (χ1v) is 8.63. The zero-order valence-corrected chi connectivity index (χ0v) is 15.2. The van der Waals surface area contributed by atoms with Gasteiger partial charge >= 0.3 is 6.03 Å². The van der Waals surface area contributed by atoms with Crippen LogP contribution in [0.15, 0.2) is 59.1 Å². The van der Waals surface area contributed by atoms with Gasteiger partial charge in [-0.25, -0.2) is 14.2 Å². The number of rotatable bonds is 6. The van der Waals surface area contributed by atoms with E-state index in [0.29, 0.717) is 28.6 Å². The van der Waals surface area contributed by atoms with Gasteiger partial charge in [-0.3, -0.25) is 4.79 Å². The fourth-order valence-electron chi connectivity index (χ4n) is 2.52. The van der Waals surface area contributed by atoms with Crippen LogP contribution in [0.5, 0.6) is 0 Å². The SMILES string of the molecule is CNC(=O)Nc1cccc(NC(=O)CCc2ncc(-c3ccccc3F)o2)c1. The number of carbonyl (C=O) groups excluding carboxylic acids is 2. The molecule has 8 heteroatoms. The van der Waals surface area contributed by atoms with Gasteiger partial charge in [-0.2, -0.15) is 0 Å². The lowest BCUT2D eigenvalue weighted by molar-refractivity contribution is -0.116. The smallest absolute Gasteiger partial charge is 0.318 e. The summed E-state index contributed by atoms with van der Waals surface area (Å²) in [5.41, 5.74) is 1.43.